The van der Waals surface area contributed by atoms with Crippen LogP contribution in [0.3, 0.4) is 0 Å². The second-order valence-electron chi connectivity index (χ2n) is 4.42. The molecular weight excluding hydrogens is 236 g/mol. The quantitative estimate of drug-likeness (QED) is 0.782. The van der Waals surface area contributed by atoms with Crippen LogP contribution in [0.5, 0.6) is 0 Å². The van der Waals surface area contributed by atoms with Crippen molar-refractivity contribution in [2.24, 2.45) is 0 Å². The lowest BCUT2D eigenvalue weighted by Crippen LogP contribution is -2.20. The van der Waals surface area contributed by atoms with Crippen LogP contribution < -0.4 is 0 Å². The fourth-order valence-corrected chi connectivity index (χ4v) is 2.30. The molecular formula is C13H17ClN2O. The Hall–Kier alpha value is -1.06. The first-order valence-electron chi connectivity index (χ1n) is 5.71. The standard InChI is InChI=1S/C13H17ClN2O/c1-9-15-11-5-4-10(8-13(11)17-9)12(6-7-14)16(2)3/h4-5,8,12H,6-7H2,1-3H3. The van der Waals surface area contributed by atoms with E-state index in [0.717, 1.165) is 17.5 Å². The van der Waals surface area contributed by atoms with Crippen LogP contribution in [-0.4, -0.2) is 29.9 Å². The zero-order chi connectivity index (χ0) is 12.4. The van der Waals surface area contributed by atoms with Gasteiger partial charge in [0.15, 0.2) is 11.5 Å². The number of rotatable bonds is 4. The number of aryl methyl sites for hydroxylation is 1. The van der Waals surface area contributed by atoms with Crippen LogP contribution in [0.1, 0.15) is 23.9 Å². The maximum Gasteiger partial charge on any atom is 0.192 e. The molecule has 1 aromatic carbocycles. The van der Waals surface area contributed by atoms with Crippen LogP contribution >= 0.6 is 11.6 Å². The van der Waals surface area contributed by atoms with E-state index in [9.17, 15) is 0 Å². The maximum absolute atomic E-state index is 5.85. The number of alkyl halides is 1. The fraction of sp³-hybridized carbons (Fsp3) is 0.462. The number of halogens is 1. The molecule has 17 heavy (non-hydrogen) atoms. The number of nitrogens with zero attached hydrogens (tertiary/aromatic N) is 2. The van der Waals surface area contributed by atoms with E-state index in [1.807, 2.05) is 13.0 Å². The highest BCUT2D eigenvalue weighted by molar-refractivity contribution is 6.17. The van der Waals surface area contributed by atoms with E-state index in [0.29, 0.717) is 17.8 Å². The fourth-order valence-electron chi connectivity index (χ4n) is 2.09. The lowest BCUT2D eigenvalue weighted by Gasteiger charge is -2.23. The summed E-state index contributed by atoms with van der Waals surface area (Å²) >= 11 is 5.85. The van der Waals surface area contributed by atoms with Crippen molar-refractivity contribution >= 4 is 22.7 Å². The largest absolute Gasteiger partial charge is 0.441 e. The lowest BCUT2D eigenvalue weighted by molar-refractivity contribution is 0.293. The van der Waals surface area contributed by atoms with Crippen molar-refractivity contribution in [3.63, 3.8) is 0 Å². The van der Waals surface area contributed by atoms with Gasteiger partial charge in [0.05, 0.1) is 0 Å². The summed E-state index contributed by atoms with van der Waals surface area (Å²) in [5, 5.41) is 0. The molecule has 4 heteroatoms. The van der Waals surface area contributed by atoms with Gasteiger partial charge in [-0.15, -0.1) is 11.6 Å². The molecule has 1 heterocycles. The summed E-state index contributed by atoms with van der Waals surface area (Å²) < 4.78 is 5.55. The molecule has 0 saturated carbocycles. The van der Waals surface area contributed by atoms with E-state index in [4.69, 9.17) is 16.0 Å². The average molecular weight is 253 g/mol. The van der Waals surface area contributed by atoms with Crippen LogP contribution in [0.25, 0.3) is 11.1 Å². The monoisotopic (exact) mass is 252 g/mol. The summed E-state index contributed by atoms with van der Waals surface area (Å²) in [6.45, 7) is 1.86. The smallest absolute Gasteiger partial charge is 0.192 e. The molecule has 0 saturated heterocycles. The number of oxazole rings is 1. The summed E-state index contributed by atoms with van der Waals surface area (Å²) in [5.74, 6) is 1.35. The Balaban J connectivity index is 2.39. The topological polar surface area (TPSA) is 29.3 Å². The van der Waals surface area contributed by atoms with Crippen molar-refractivity contribution in [1.29, 1.82) is 0 Å². The highest BCUT2D eigenvalue weighted by atomic mass is 35.5. The van der Waals surface area contributed by atoms with E-state index < -0.39 is 0 Å². The van der Waals surface area contributed by atoms with Crippen molar-refractivity contribution in [3.8, 4) is 0 Å². The molecule has 0 aliphatic carbocycles. The summed E-state index contributed by atoms with van der Waals surface area (Å²) in [6, 6.07) is 6.49. The van der Waals surface area contributed by atoms with Crippen molar-refractivity contribution < 1.29 is 4.42 Å². The normalized spacial score (nSPS) is 13.5. The predicted molar refractivity (Wildman–Crippen MR) is 70.5 cm³/mol. The minimum absolute atomic E-state index is 0.322. The predicted octanol–water partition coefficient (Wildman–Crippen LogP) is 3.37. The highest BCUT2D eigenvalue weighted by Crippen LogP contribution is 2.26. The maximum atomic E-state index is 5.85. The molecule has 0 radical (unpaired) electrons. The van der Waals surface area contributed by atoms with Crippen molar-refractivity contribution in [2.75, 3.05) is 20.0 Å². The van der Waals surface area contributed by atoms with Crippen LogP contribution in [0, 0.1) is 6.92 Å². The number of aromatic nitrogens is 1. The van der Waals surface area contributed by atoms with Crippen LogP contribution in [-0.2, 0) is 0 Å². The molecule has 0 spiro atoms. The Morgan fingerprint density at radius 1 is 1.41 bits per heavy atom. The van der Waals surface area contributed by atoms with E-state index in [2.05, 4.69) is 36.1 Å². The van der Waals surface area contributed by atoms with E-state index >= 15 is 0 Å². The van der Waals surface area contributed by atoms with Gasteiger partial charge in [-0.25, -0.2) is 4.98 Å². The molecule has 2 rings (SSSR count). The summed E-state index contributed by atoms with van der Waals surface area (Å²) in [6.07, 6.45) is 0.924. The van der Waals surface area contributed by atoms with Gasteiger partial charge in [-0.2, -0.15) is 0 Å². The second-order valence-corrected chi connectivity index (χ2v) is 4.80. The first-order chi connectivity index (χ1) is 8.11. The van der Waals surface area contributed by atoms with Crippen molar-refractivity contribution in [3.05, 3.63) is 29.7 Å². The second kappa shape index (κ2) is 5.07. The summed E-state index contributed by atoms with van der Waals surface area (Å²) in [5.41, 5.74) is 2.98. The molecule has 0 fully saturated rings. The molecule has 1 aromatic heterocycles. The minimum Gasteiger partial charge on any atom is -0.441 e. The third-order valence-corrected chi connectivity index (χ3v) is 3.13. The Bertz CT molecular complexity index is 507. The first-order valence-corrected chi connectivity index (χ1v) is 6.24. The molecule has 0 N–H and O–H groups in total. The van der Waals surface area contributed by atoms with Gasteiger partial charge in [0.1, 0.15) is 5.52 Å². The Labute approximate surface area is 106 Å². The van der Waals surface area contributed by atoms with Gasteiger partial charge in [0, 0.05) is 18.8 Å². The van der Waals surface area contributed by atoms with E-state index in [-0.39, 0.29) is 0 Å². The molecule has 2 aromatic rings. The van der Waals surface area contributed by atoms with Gasteiger partial charge >= 0.3 is 0 Å². The summed E-state index contributed by atoms with van der Waals surface area (Å²) in [4.78, 5) is 6.47. The number of benzene rings is 1. The zero-order valence-corrected chi connectivity index (χ0v) is 11.2. The van der Waals surface area contributed by atoms with Gasteiger partial charge in [0.2, 0.25) is 0 Å². The Kier molecular flexibility index (Phi) is 3.69. The molecule has 0 bridgehead atoms. The average Bonchev–Trinajstić information content (AvgIpc) is 2.64. The van der Waals surface area contributed by atoms with Gasteiger partial charge in [-0.1, -0.05) is 6.07 Å². The highest BCUT2D eigenvalue weighted by Gasteiger charge is 2.15. The third kappa shape index (κ3) is 2.61. The lowest BCUT2D eigenvalue weighted by atomic mass is 10.0. The van der Waals surface area contributed by atoms with Crippen LogP contribution in [0.15, 0.2) is 22.6 Å². The molecule has 92 valence electrons. The molecule has 0 aliphatic rings. The number of fused-ring (bicyclic) bond motifs is 1. The Morgan fingerprint density at radius 3 is 2.82 bits per heavy atom. The van der Waals surface area contributed by atoms with E-state index in [1.165, 1.54) is 5.56 Å². The van der Waals surface area contributed by atoms with Gasteiger partial charge < -0.3 is 9.32 Å². The van der Waals surface area contributed by atoms with Crippen molar-refractivity contribution in [1.82, 2.24) is 9.88 Å². The number of hydrogen-bond donors (Lipinski definition) is 0. The van der Waals surface area contributed by atoms with Crippen LogP contribution in [0.2, 0.25) is 0 Å². The van der Waals surface area contributed by atoms with Crippen LogP contribution in [0.4, 0.5) is 0 Å². The van der Waals surface area contributed by atoms with Gasteiger partial charge in [0.25, 0.3) is 0 Å². The SMILES string of the molecule is Cc1nc2ccc(C(CCCl)N(C)C)cc2o1. The molecule has 0 aliphatic heterocycles. The molecule has 1 unspecified atom stereocenters. The molecule has 3 nitrogen and oxygen atoms in total. The van der Waals surface area contributed by atoms with E-state index in [1.54, 1.807) is 0 Å². The Morgan fingerprint density at radius 2 is 2.18 bits per heavy atom. The third-order valence-electron chi connectivity index (χ3n) is 2.91. The zero-order valence-electron chi connectivity index (χ0n) is 10.4. The minimum atomic E-state index is 0.322. The number of hydrogen-bond acceptors (Lipinski definition) is 3. The van der Waals surface area contributed by atoms with Crippen molar-refractivity contribution in [2.45, 2.75) is 19.4 Å². The van der Waals surface area contributed by atoms with Gasteiger partial charge in [-0.3, -0.25) is 0 Å². The van der Waals surface area contributed by atoms with Gasteiger partial charge in [-0.05, 0) is 38.2 Å². The molecule has 0 amide bonds. The molecule has 1 atom stereocenters. The first kappa shape index (κ1) is 12.4. The summed E-state index contributed by atoms with van der Waals surface area (Å²) in [7, 11) is 4.13.